The summed E-state index contributed by atoms with van der Waals surface area (Å²) in [7, 11) is 0. The van der Waals surface area contributed by atoms with Crippen molar-refractivity contribution in [1.29, 1.82) is 0 Å². The maximum absolute atomic E-state index is 9.73. The summed E-state index contributed by atoms with van der Waals surface area (Å²) in [6, 6.07) is 15.2. The minimum atomic E-state index is -1.05. The predicted octanol–water partition coefficient (Wildman–Crippen LogP) is 15.6. The molecule has 0 aliphatic rings. The molecule has 0 aliphatic heterocycles. The highest BCUT2D eigenvalue weighted by Crippen LogP contribution is 2.43. The fraction of sp³-hybridized carbons (Fsp3) is 0. The first-order valence-electron chi connectivity index (χ1n) is 28.0. The average Bonchev–Trinajstić information content (AvgIpc) is 4.24. The second-order valence-corrected chi connectivity index (χ2v) is 14.0. The molecule has 0 unspecified atom stereocenters. The number of nitrogens with zero attached hydrogens (tertiary/aromatic N) is 3. The number of benzene rings is 9. The van der Waals surface area contributed by atoms with Crippen LogP contribution >= 0.6 is 0 Å². The molecule has 5 nitrogen and oxygen atoms in total. The lowest BCUT2D eigenvalue weighted by Gasteiger charge is -2.26. The van der Waals surface area contributed by atoms with Gasteiger partial charge in [0.25, 0.3) is 0 Å². The van der Waals surface area contributed by atoms with Crippen LogP contribution in [0.1, 0.15) is 24.7 Å². The number of anilines is 3. The molecule has 0 saturated heterocycles. The zero-order valence-electron chi connectivity index (χ0n) is 49.5. The molecule has 286 valence electrons. The van der Waals surface area contributed by atoms with Crippen LogP contribution in [0.2, 0.25) is 0 Å². The molecule has 12 aromatic rings. The van der Waals surface area contributed by atoms with Gasteiger partial charge in [0, 0.05) is 44.3 Å². The van der Waals surface area contributed by atoms with Crippen molar-refractivity contribution in [2.45, 2.75) is 0 Å². The van der Waals surface area contributed by atoms with Crippen LogP contribution in [0.4, 0.5) is 17.1 Å². The van der Waals surface area contributed by atoms with Crippen molar-refractivity contribution < 1.29 is 33.5 Å². The van der Waals surface area contributed by atoms with Gasteiger partial charge in [0.05, 0.1) is 24.7 Å². The standard InChI is InChI=1S/C56H35N3O2/c1-3-13-36(14-4-1)38-25-29-44(30-26-38)59(43-17-5-2-6-18-43)45-31-27-39(28-32-45)42-34-48(52-46-19-9-11-21-49(46)60-51(52)35-42)56-57-53(41-24-23-37-15-7-8-16-40(37)33-41)55-54(58-56)47-20-10-12-22-50(47)61-55/h1-35H/i1D,2D,3D,4D,5D,6D,13D,14D,17D,18D,25D,26D,27D,28D,29D,30D,31D,32D. The van der Waals surface area contributed by atoms with Gasteiger partial charge in [0.1, 0.15) is 28.0 Å². The normalized spacial score (nSPS) is 15.7. The summed E-state index contributed by atoms with van der Waals surface area (Å²) in [4.78, 5) is 10.9. The third kappa shape index (κ3) is 6.02. The van der Waals surface area contributed by atoms with Crippen molar-refractivity contribution in [3.05, 3.63) is 212 Å². The molecule has 3 heterocycles. The number of hydrogen-bond acceptors (Lipinski definition) is 5. The molecule has 0 amide bonds. The number of rotatable bonds is 7. The van der Waals surface area contributed by atoms with E-state index in [1.165, 1.54) is 6.07 Å². The molecule has 5 heteroatoms. The molecule has 0 spiro atoms. The van der Waals surface area contributed by atoms with E-state index in [0.717, 1.165) is 10.8 Å². The lowest BCUT2D eigenvalue weighted by atomic mass is 9.97. The van der Waals surface area contributed by atoms with Crippen LogP contribution in [0.15, 0.2) is 221 Å². The molecule has 3 aromatic heterocycles. The summed E-state index contributed by atoms with van der Waals surface area (Å²) >= 11 is 0. The van der Waals surface area contributed by atoms with Crippen molar-refractivity contribution >= 4 is 71.8 Å². The van der Waals surface area contributed by atoms with Crippen LogP contribution in [0.5, 0.6) is 0 Å². The fourth-order valence-corrected chi connectivity index (χ4v) is 7.59. The van der Waals surface area contributed by atoms with Crippen LogP contribution in [0, 0.1) is 0 Å². The second-order valence-electron chi connectivity index (χ2n) is 14.0. The van der Waals surface area contributed by atoms with Gasteiger partial charge in [-0.2, -0.15) is 0 Å². The van der Waals surface area contributed by atoms with Gasteiger partial charge in [-0.1, -0.05) is 139 Å². The van der Waals surface area contributed by atoms with Gasteiger partial charge in [0.15, 0.2) is 11.4 Å². The van der Waals surface area contributed by atoms with Gasteiger partial charge in [-0.05, 0) is 106 Å². The Bertz CT molecular complexity index is 4580. The highest BCUT2D eigenvalue weighted by Gasteiger charge is 2.23. The predicted molar refractivity (Wildman–Crippen MR) is 251 cm³/mol. The zero-order valence-corrected chi connectivity index (χ0v) is 31.5. The van der Waals surface area contributed by atoms with Crippen LogP contribution in [0.25, 0.3) is 99.7 Å². The Balaban J connectivity index is 1.13. The number of fused-ring (bicyclic) bond motifs is 7. The highest BCUT2D eigenvalue weighted by molar-refractivity contribution is 6.14. The summed E-state index contributed by atoms with van der Waals surface area (Å²) in [5.41, 5.74) is -0.644. The van der Waals surface area contributed by atoms with Gasteiger partial charge < -0.3 is 13.7 Å². The van der Waals surface area contributed by atoms with E-state index in [-0.39, 0.29) is 22.5 Å². The van der Waals surface area contributed by atoms with E-state index in [9.17, 15) is 11.0 Å². The second kappa shape index (κ2) is 14.2. The minimum absolute atomic E-state index is 0.0692. The van der Waals surface area contributed by atoms with Gasteiger partial charge in [-0.15, -0.1) is 0 Å². The molecule has 12 rings (SSSR count). The van der Waals surface area contributed by atoms with Crippen molar-refractivity contribution in [3.8, 4) is 44.9 Å². The maximum atomic E-state index is 9.73. The molecule has 0 aliphatic carbocycles. The first kappa shape index (κ1) is 21.1. The molecule has 0 atom stereocenters. The number of aromatic nitrogens is 2. The highest BCUT2D eigenvalue weighted by atomic mass is 16.3. The summed E-state index contributed by atoms with van der Waals surface area (Å²) < 4.78 is 175. The third-order valence-corrected chi connectivity index (χ3v) is 10.4. The minimum Gasteiger partial charge on any atom is -0.456 e. The molecule has 0 fully saturated rings. The number of hydrogen-bond donors (Lipinski definition) is 0. The summed E-state index contributed by atoms with van der Waals surface area (Å²) in [5.74, 6) is 0.176. The van der Waals surface area contributed by atoms with Crippen molar-refractivity contribution in [2.24, 2.45) is 0 Å². The van der Waals surface area contributed by atoms with Gasteiger partial charge in [-0.3, -0.25) is 0 Å². The Morgan fingerprint density at radius 1 is 0.426 bits per heavy atom. The van der Waals surface area contributed by atoms with Crippen LogP contribution in [0.3, 0.4) is 0 Å². The maximum Gasteiger partial charge on any atom is 0.180 e. The monoisotopic (exact) mass is 799 g/mol. The van der Waals surface area contributed by atoms with E-state index in [2.05, 4.69) is 0 Å². The Morgan fingerprint density at radius 2 is 1.02 bits per heavy atom. The molecule has 61 heavy (non-hydrogen) atoms. The first-order chi connectivity index (χ1) is 37.7. The molecule has 0 N–H and O–H groups in total. The SMILES string of the molecule is [2H]c1c([2H])c([2H])c(-c2c([2H])c([2H])c(N(c3c([2H])c([2H])c([2H])c([2H])c3[2H])c3c([2H])c([2H])c(-c4cc(-c5nc(-c6ccc7ccccc7c6)c6oc7ccccc7c6n5)c5c(c4)oc4ccccc45)c([2H])c3[2H])c([2H])c2[2H])c([2H])c1[2H]. The Kier molecular flexibility index (Phi) is 4.92. The van der Waals surface area contributed by atoms with Crippen LogP contribution in [-0.2, 0) is 0 Å². The molecule has 0 saturated carbocycles. The van der Waals surface area contributed by atoms with Gasteiger partial charge >= 0.3 is 0 Å². The topological polar surface area (TPSA) is 55.3 Å². The molecule has 0 bridgehead atoms. The van der Waals surface area contributed by atoms with Crippen molar-refractivity contribution in [2.75, 3.05) is 4.90 Å². The lowest BCUT2D eigenvalue weighted by molar-refractivity contribution is 0.667. The van der Waals surface area contributed by atoms with Crippen LogP contribution < -0.4 is 4.90 Å². The number of furan rings is 2. The molecule has 9 aromatic carbocycles. The van der Waals surface area contributed by atoms with E-state index in [1.807, 2.05) is 78.9 Å². The molecular weight excluding hydrogens is 747 g/mol. The average molecular weight is 800 g/mol. The summed E-state index contributed by atoms with van der Waals surface area (Å²) in [6.07, 6.45) is 0. The van der Waals surface area contributed by atoms with E-state index in [0.29, 0.717) is 60.1 Å². The van der Waals surface area contributed by atoms with Crippen molar-refractivity contribution in [3.63, 3.8) is 0 Å². The summed E-state index contributed by atoms with van der Waals surface area (Å²) in [6.45, 7) is 0. The van der Waals surface area contributed by atoms with Crippen molar-refractivity contribution in [1.82, 2.24) is 9.97 Å². The first-order valence-corrected chi connectivity index (χ1v) is 19.0. The molecular formula is C56H35N3O2. The summed E-state index contributed by atoms with van der Waals surface area (Å²) in [5, 5.41) is 3.84. The van der Waals surface area contributed by atoms with Gasteiger partial charge in [-0.25, -0.2) is 9.97 Å². The van der Waals surface area contributed by atoms with E-state index < -0.39 is 137 Å². The lowest BCUT2D eigenvalue weighted by Crippen LogP contribution is -2.09. The van der Waals surface area contributed by atoms with E-state index in [1.54, 1.807) is 18.2 Å². The smallest absolute Gasteiger partial charge is 0.180 e. The van der Waals surface area contributed by atoms with E-state index >= 15 is 0 Å². The Labute approximate surface area is 376 Å². The Morgan fingerprint density at radius 3 is 1.75 bits per heavy atom. The Hall–Kier alpha value is -8.28. The van der Waals surface area contributed by atoms with Crippen LogP contribution in [-0.4, -0.2) is 9.97 Å². The largest absolute Gasteiger partial charge is 0.456 e. The zero-order chi connectivity index (χ0) is 55.9. The fourth-order valence-electron chi connectivity index (χ4n) is 7.59. The molecule has 0 radical (unpaired) electrons. The van der Waals surface area contributed by atoms with E-state index in [4.69, 9.17) is 32.5 Å². The van der Waals surface area contributed by atoms with Gasteiger partial charge in [0.2, 0.25) is 0 Å². The third-order valence-electron chi connectivity index (χ3n) is 10.4. The number of para-hydroxylation sites is 3. The quantitative estimate of drug-likeness (QED) is 0.161.